The number of hydrogen-bond donors (Lipinski definition) is 2. The molecule has 33 heavy (non-hydrogen) atoms. The summed E-state index contributed by atoms with van der Waals surface area (Å²) in [5.74, 6) is -0.247. The second kappa shape index (κ2) is 8.30. The van der Waals surface area contributed by atoms with E-state index in [1.165, 1.54) is 0 Å². The average molecular weight is 443 g/mol. The van der Waals surface area contributed by atoms with Crippen molar-refractivity contribution in [3.8, 4) is 16.9 Å². The van der Waals surface area contributed by atoms with Gasteiger partial charge in [-0.3, -0.25) is 4.79 Å². The predicted molar refractivity (Wildman–Crippen MR) is 129 cm³/mol. The molecule has 4 aromatic rings. The molecule has 3 N–H and O–H groups in total. The zero-order valence-corrected chi connectivity index (χ0v) is 18.7. The number of carboxylic acids is 1. The van der Waals surface area contributed by atoms with Gasteiger partial charge in [-0.1, -0.05) is 30.3 Å². The smallest absolute Gasteiger partial charge is 0.307 e. The molecular formula is C27H26N2O4. The maximum atomic E-state index is 11.4. The van der Waals surface area contributed by atoms with Crippen molar-refractivity contribution in [2.45, 2.75) is 26.0 Å². The van der Waals surface area contributed by atoms with Crippen LogP contribution >= 0.6 is 0 Å². The lowest BCUT2D eigenvalue weighted by Crippen LogP contribution is -2.32. The summed E-state index contributed by atoms with van der Waals surface area (Å²) in [5, 5.41) is 10.4. The molecule has 0 spiro atoms. The standard InChI is InChI=1S/C27H26N2O4/c1-16-19(14-28)6-3-7-21(16)22-12-20(11-18-9-10-32-26(18)22)24-15-29(2)23-8-4-5-17(13-25(30)31)27(23)33-24/h3-12,24H,13-15,28H2,1-2H3,(H,30,31). The summed E-state index contributed by atoms with van der Waals surface area (Å²) in [4.78, 5) is 13.5. The molecule has 5 rings (SSSR count). The SMILES string of the molecule is Cc1c(CN)cccc1-c1cc(C2CN(C)c3cccc(CC(=O)O)c3O2)cc2ccoc12. The fraction of sp³-hybridized carbons (Fsp3) is 0.222. The van der Waals surface area contributed by atoms with Crippen LogP contribution in [0.5, 0.6) is 5.75 Å². The molecule has 1 aromatic heterocycles. The Hall–Kier alpha value is -3.77. The summed E-state index contributed by atoms with van der Waals surface area (Å²) in [5.41, 5.74) is 13.7. The first kappa shape index (κ1) is 21.1. The summed E-state index contributed by atoms with van der Waals surface area (Å²) in [7, 11) is 2.01. The number of nitrogens with zero attached hydrogens (tertiary/aromatic N) is 1. The zero-order chi connectivity index (χ0) is 23.1. The predicted octanol–water partition coefficient (Wildman–Crippen LogP) is 5.06. The number of carboxylic acid groups (broad SMARTS) is 1. The average Bonchev–Trinajstić information content (AvgIpc) is 3.28. The maximum Gasteiger partial charge on any atom is 0.307 e. The number of carbonyl (C=O) groups is 1. The van der Waals surface area contributed by atoms with Crippen LogP contribution in [0, 0.1) is 6.92 Å². The summed E-state index contributed by atoms with van der Waals surface area (Å²) in [6.45, 7) is 3.20. The fourth-order valence-corrected chi connectivity index (χ4v) is 4.70. The third-order valence-electron chi connectivity index (χ3n) is 6.43. The Bertz CT molecular complexity index is 1360. The number of anilines is 1. The van der Waals surface area contributed by atoms with Gasteiger partial charge >= 0.3 is 5.97 Å². The minimum atomic E-state index is -0.880. The van der Waals surface area contributed by atoms with E-state index in [1.54, 1.807) is 6.26 Å². The summed E-state index contributed by atoms with van der Waals surface area (Å²) in [6, 6.07) is 18.0. The molecule has 6 nitrogen and oxygen atoms in total. The Balaban J connectivity index is 1.62. The van der Waals surface area contributed by atoms with Crippen LogP contribution in [0.15, 0.2) is 65.3 Å². The molecule has 1 aliphatic rings. The van der Waals surface area contributed by atoms with Crippen LogP contribution < -0.4 is 15.4 Å². The monoisotopic (exact) mass is 442 g/mol. The highest BCUT2D eigenvalue weighted by Crippen LogP contribution is 2.42. The zero-order valence-electron chi connectivity index (χ0n) is 18.7. The molecule has 0 fully saturated rings. The number of ether oxygens (including phenoxy) is 1. The Morgan fingerprint density at radius 1 is 1.12 bits per heavy atom. The van der Waals surface area contributed by atoms with E-state index in [-0.39, 0.29) is 12.5 Å². The lowest BCUT2D eigenvalue weighted by atomic mass is 9.92. The van der Waals surface area contributed by atoms with Gasteiger partial charge in [-0.05, 0) is 53.4 Å². The highest BCUT2D eigenvalue weighted by atomic mass is 16.5. The van der Waals surface area contributed by atoms with Crippen LogP contribution in [-0.4, -0.2) is 24.7 Å². The van der Waals surface area contributed by atoms with Gasteiger partial charge in [0.2, 0.25) is 0 Å². The third-order valence-corrected chi connectivity index (χ3v) is 6.43. The molecule has 168 valence electrons. The van der Waals surface area contributed by atoms with Crippen molar-refractivity contribution in [3.63, 3.8) is 0 Å². The first-order valence-corrected chi connectivity index (χ1v) is 11.0. The van der Waals surface area contributed by atoms with Crippen molar-refractivity contribution >= 4 is 22.6 Å². The molecule has 6 heteroatoms. The first-order valence-electron chi connectivity index (χ1n) is 11.0. The lowest BCUT2D eigenvalue weighted by molar-refractivity contribution is -0.136. The van der Waals surface area contributed by atoms with Crippen molar-refractivity contribution in [3.05, 3.63) is 83.1 Å². The maximum absolute atomic E-state index is 11.4. The molecule has 0 saturated heterocycles. The summed E-state index contributed by atoms with van der Waals surface area (Å²) in [6.07, 6.45) is 1.36. The number of fused-ring (bicyclic) bond motifs is 2. The van der Waals surface area contributed by atoms with Gasteiger partial charge in [0, 0.05) is 30.1 Å². The molecule has 1 atom stereocenters. The van der Waals surface area contributed by atoms with Crippen LogP contribution in [0.1, 0.15) is 28.4 Å². The number of benzene rings is 3. The van der Waals surface area contributed by atoms with E-state index in [0.29, 0.717) is 24.4 Å². The van der Waals surface area contributed by atoms with E-state index in [1.807, 2.05) is 43.4 Å². The molecule has 1 unspecified atom stereocenters. The Labute approximate surface area is 192 Å². The summed E-state index contributed by atoms with van der Waals surface area (Å²) < 4.78 is 12.3. The van der Waals surface area contributed by atoms with Gasteiger partial charge < -0.3 is 24.9 Å². The first-order chi connectivity index (χ1) is 16.0. The molecule has 2 heterocycles. The molecule has 0 bridgehead atoms. The van der Waals surface area contributed by atoms with E-state index >= 15 is 0 Å². The molecule has 0 amide bonds. The molecule has 0 aliphatic carbocycles. The van der Waals surface area contributed by atoms with Crippen molar-refractivity contribution in [2.24, 2.45) is 5.73 Å². The van der Waals surface area contributed by atoms with Crippen LogP contribution in [-0.2, 0) is 17.8 Å². The van der Waals surface area contributed by atoms with Crippen LogP contribution in [0.3, 0.4) is 0 Å². The number of rotatable bonds is 5. The van der Waals surface area contributed by atoms with Crippen molar-refractivity contribution in [1.29, 1.82) is 0 Å². The van der Waals surface area contributed by atoms with E-state index in [9.17, 15) is 9.90 Å². The normalized spacial score (nSPS) is 15.4. The Kier molecular flexibility index (Phi) is 5.30. The largest absolute Gasteiger partial charge is 0.481 e. The second-order valence-corrected chi connectivity index (χ2v) is 8.52. The topological polar surface area (TPSA) is 88.9 Å². The van der Waals surface area contributed by atoms with Gasteiger partial charge in [0.15, 0.2) is 0 Å². The van der Waals surface area contributed by atoms with Crippen molar-refractivity contribution in [1.82, 2.24) is 0 Å². The van der Waals surface area contributed by atoms with Gasteiger partial charge in [-0.25, -0.2) is 0 Å². The van der Waals surface area contributed by atoms with Crippen LogP contribution in [0.2, 0.25) is 0 Å². The number of hydrogen-bond acceptors (Lipinski definition) is 5. The number of furan rings is 1. The minimum absolute atomic E-state index is 0.0825. The molecule has 1 aliphatic heterocycles. The Morgan fingerprint density at radius 3 is 2.70 bits per heavy atom. The molecule has 3 aromatic carbocycles. The van der Waals surface area contributed by atoms with Gasteiger partial charge in [-0.2, -0.15) is 0 Å². The number of para-hydroxylation sites is 1. The molecule has 0 saturated carbocycles. The number of likely N-dealkylation sites (N-methyl/N-ethyl adjacent to an activating group) is 1. The van der Waals surface area contributed by atoms with Gasteiger partial charge in [-0.15, -0.1) is 0 Å². The van der Waals surface area contributed by atoms with Gasteiger partial charge in [0.05, 0.1) is 24.9 Å². The van der Waals surface area contributed by atoms with Crippen molar-refractivity contribution < 1.29 is 19.1 Å². The quantitative estimate of drug-likeness (QED) is 0.449. The lowest BCUT2D eigenvalue weighted by Gasteiger charge is -2.35. The van der Waals surface area contributed by atoms with E-state index in [0.717, 1.165) is 44.5 Å². The van der Waals surface area contributed by atoms with E-state index in [2.05, 4.69) is 30.0 Å². The third kappa shape index (κ3) is 3.72. The number of nitrogens with two attached hydrogens (primary N) is 1. The summed E-state index contributed by atoms with van der Waals surface area (Å²) >= 11 is 0. The van der Waals surface area contributed by atoms with Gasteiger partial charge in [0.1, 0.15) is 17.4 Å². The van der Waals surface area contributed by atoms with Crippen LogP contribution in [0.4, 0.5) is 5.69 Å². The minimum Gasteiger partial charge on any atom is -0.481 e. The van der Waals surface area contributed by atoms with E-state index < -0.39 is 5.97 Å². The number of aliphatic carboxylic acids is 1. The molecule has 0 radical (unpaired) electrons. The second-order valence-electron chi connectivity index (χ2n) is 8.52. The van der Waals surface area contributed by atoms with Crippen molar-refractivity contribution in [2.75, 3.05) is 18.5 Å². The highest BCUT2D eigenvalue weighted by Gasteiger charge is 2.28. The van der Waals surface area contributed by atoms with Gasteiger partial charge in [0.25, 0.3) is 0 Å². The fourth-order valence-electron chi connectivity index (χ4n) is 4.70. The molecular weight excluding hydrogens is 416 g/mol. The van der Waals surface area contributed by atoms with E-state index in [4.69, 9.17) is 14.9 Å². The highest BCUT2D eigenvalue weighted by molar-refractivity contribution is 5.94. The van der Waals surface area contributed by atoms with Crippen LogP contribution in [0.25, 0.3) is 22.1 Å². The Morgan fingerprint density at radius 2 is 1.91 bits per heavy atom.